The summed E-state index contributed by atoms with van der Waals surface area (Å²) in [6, 6.07) is 5.85. The molecule has 2 atom stereocenters. The lowest BCUT2D eigenvalue weighted by Crippen LogP contribution is -2.42. The van der Waals surface area contributed by atoms with Crippen LogP contribution in [0, 0.1) is 0 Å². The summed E-state index contributed by atoms with van der Waals surface area (Å²) >= 11 is 3.41. The molecule has 0 saturated heterocycles. The molecule has 28 heavy (non-hydrogen) atoms. The molecule has 2 aliphatic rings. The Labute approximate surface area is 168 Å². The summed E-state index contributed by atoms with van der Waals surface area (Å²) in [6.45, 7) is 0.593. The monoisotopic (exact) mass is 454 g/mol. The summed E-state index contributed by atoms with van der Waals surface area (Å²) in [5, 5.41) is 3.12. The molecule has 1 fully saturated rings. The van der Waals surface area contributed by atoms with E-state index in [-0.39, 0.29) is 23.9 Å². The summed E-state index contributed by atoms with van der Waals surface area (Å²) in [7, 11) is 0. The molecular formula is C19H18BrF3N4O. The van der Waals surface area contributed by atoms with Gasteiger partial charge in [0, 0.05) is 41.1 Å². The van der Waals surface area contributed by atoms with Crippen molar-refractivity contribution < 1.29 is 18.0 Å². The van der Waals surface area contributed by atoms with Gasteiger partial charge in [-0.2, -0.15) is 13.2 Å². The van der Waals surface area contributed by atoms with Gasteiger partial charge in [0.25, 0.3) is 5.91 Å². The Morgan fingerprint density at radius 2 is 1.93 bits per heavy atom. The van der Waals surface area contributed by atoms with Crippen LogP contribution < -0.4 is 5.32 Å². The largest absolute Gasteiger partial charge is 0.419 e. The van der Waals surface area contributed by atoms with Crippen molar-refractivity contribution in [3.63, 3.8) is 0 Å². The van der Waals surface area contributed by atoms with Crippen LogP contribution >= 0.6 is 15.9 Å². The number of rotatable bonds is 3. The second kappa shape index (κ2) is 7.35. The van der Waals surface area contributed by atoms with Gasteiger partial charge < -0.3 is 10.2 Å². The first kappa shape index (κ1) is 19.2. The normalized spacial score (nSPS) is 22.3. The van der Waals surface area contributed by atoms with Crippen LogP contribution in [-0.4, -0.2) is 32.9 Å². The van der Waals surface area contributed by atoms with Crippen molar-refractivity contribution in [1.29, 1.82) is 0 Å². The van der Waals surface area contributed by atoms with Crippen LogP contribution in [0.2, 0.25) is 0 Å². The Morgan fingerprint density at radius 1 is 1.18 bits per heavy atom. The fourth-order valence-electron chi connectivity index (χ4n) is 3.90. The van der Waals surface area contributed by atoms with Crippen LogP contribution in [0.15, 0.2) is 35.1 Å². The number of hydrogen-bond acceptors (Lipinski definition) is 4. The van der Waals surface area contributed by atoms with Crippen molar-refractivity contribution in [2.24, 2.45) is 0 Å². The minimum Gasteiger partial charge on any atom is -0.351 e. The van der Waals surface area contributed by atoms with Gasteiger partial charge in [0.1, 0.15) is 0 Å². The maximum Gasteiger partial charge on any atom is 0.419 e. The first-order valence-electron chi connectivity index (χ1n) is 9.06. The van der Waals surface area contributed by atoms with Crippen molar-refractivity contribution in [3.8, 4) is 0 Å². The molecule has 0 bridgehead atoms. The number of carbonyl (C=O) groups excluding carboxylic acids is 1. The van der Waals surface area contributed by atoms with Crippen molar-refractivity contribution in [2.75, 3.05) is 5.32 Å². The zero-order chi connectivity index (χ0) is 19.9. The SMILES string of the molecule is O=C1c2cc(Br)ccc2CN1[C@H]1CCC[C@@H](Nc2ncc(C(F)(F)F)cn2)C1. The Morgan fingerprint density at radius 3 is 2.64 bits per heavy atom. The standard InChI is InChI=1S/C19H18BrF3N4O/c20-13-5-4-11-10-27(17(28)16(11)6-13)15-3-1-2-14(7-15)26-18-24-8-12(9-25-18)19(21,22)23/h4-6,8-9,14-15H,1-3,7,10H2,(H,24,25,26)/t14-,15+/m1/s1. The van der Waals surface area contributed by atoms with Gasteiger partial charge in [-0.25, -0.2) is 9.97 Å². The van der Waals surface area contributed by atoms with E-state index in [1.54, 1.807) is 0 Å². The van der Waals surface area contributed by atoms with E-state index in [2.05, 4.69) is 31.2 Å². The third-order valence-electron chi connectivity index (χ3n) is 5.30. The quantitative estimate of drug-likeness (QED) is 0.733. The topological polar surface area (TPSA) is 58.1 Å². The van der Waals surface area contributed by atoms with Gasteiger partial charge in [0.05, 0.1) is 5.56 Å². The number of nitrogens with zero attached hydrogens (tertiary/aromatic N) is 3. The zero-order valence-electron chi connectivity index (χ0n) is 14.8. The molecular weight excluding hydrogens is 437 g/mol. The van der Waals surface area contributed by atoms with Gasteiger partial charge in [0.15, 0.2) is 0 Å². The molecule has 2 aromatic rings. The average molecular weight is 455 g/mol. The number of fused-ring (bicyclic) bond motifs is 1. The maximum absolute atomic E-state index is 12.8. The third-order valence-corrected chi connectivity index (χ3v) is 5.80. The summed E-state index contributed by atoms with van der Waals surface area (Å²) in [4.78, 5) is 22.3. The number of anilines is 1. The van der Waals surface area contributed by atoms with Gasteiger partial charge in [0.2, 0.25) is 5.95 Å². The van der Waals surface area contributed by atoms with E-state index in [0.717, 1.165) is 47.3 Å². The first-order valence-corrected chi connectivity index (χ1v) is 9.86. The number of amides is 1. The molecule has 0 radical (unpaired) electrons. The number of alkyl halides is 3. The lowest BCUT2D eigenvalue weighted by atomic mass is 9.90. The van der Waals surface area contributed by atoms with E-state index in [4.69, 9.17) is 0 Å². The third kappa shape index (κ3) is 3.85. The lowest BCUT2D eigenvalue weighted by molar-refractivity contribution is -0.138. The number of aromatic nitrogens is 2. The average Bonchev–Trinajstić information content (AvgIpc) is 2.98. The zero-order valence-corrected chi connectivity index (χ0v) is 16.4. The van der Waals surface area contributed by atoms with E-state index in [1.807, 2.05) is 23.1 Å². The predicted molar refractivity (Wildman–Crippen MR) is 101 cm³/mol. The second-order valence-electron chi connectivity index (χ2n) is 7.19. The van der Waals surface area contributed by atoms with Crippen molar-refractivity contribution in [1.82, 2.24) is 14.9 Å². The van der Waals surface area contributed by atoms with E-state index in [9.17, 15) is 18.0 Å². The van der Waals surface area contributed by atoms with Crippen LogP contribution in [-0.2, 0) is 12.7 Å². The molecule has 0 spiro atoms. The van der Waals surface area contributed by atoms with Gasteiger partial charge in [-0.1, -0.05) is 22.0 Å². The number of nitrogens with one attached hydrogen (secondary N) is 1. The molecule has 1 aromatic carbocycles. The lowest BCUT2D eigenvalue weighted by Gasteiger charge is -2.35. The highest BCUT2D eigenvalue weighted by molar-refractivity contribution is 9.10. The van der Waals surface area contributed by atoms with Crippen LogP contribution in [0.4, 0.5) is 19.1 Å². The number of hydrogen-bond donors (Lipinski definition) is 1. The number of benzene rings is 1. The second-order valence-corrected chi connectivity index (χ2v) is 8.10. The van der Waals surface area contributed by atoms with Crippen molar-refractivity contribution >= 4 is 27.8 Å². The fraction of sp³-hybridized carbons (Fsp3) is 0.421. The van der Waals surface area contributed by atoms with Crippen LogP contribution in [0.1, 0.15) is 47.2 Å². The molecule has 1 aromatic heterocycles. The molecule has 1 saturated carbocycles. The fourth-order valence-corrected chi connectivity index (χ4v) is 4.26. The highest BCUT2D eigenvalue weighted by Crippen LogP contribution is 2.33. The summed E-state index contributed by atoms with van der Waals surface area (Å²) < 4.78 is 38.8. The van der Waals surface area contributed by atoms with Gasteiger partial charge in [-0.15, -0.1) is 0 Å². The minimum atomic E-state index is -4.45. The molecule has 148 valence electrons. The van der Waals surface area contributed by atoms with E-state index in [1.165, 1.54) is 0 Å². The van der Waals surface area contributed by atoms with Crippen molar-refractivity contribution in [2.45, 2.75) is 50.5 Å². The van der Waals surface area contributed by atoms with Gasteiger partial charge in [-0.3, -0.25) is 4.79 Å². The van der Waals surface area contributed by atoms with Crippen LogP contribution in [0.3, 0.4) is 0 Å². The minimum absolute atomic E-state index is 0.0127. The molecule has 0 unspecified atom stereocenters. The maximum atomic E-state index is 12.8. The molecule has 2 heterocycles. The van der Waals surface area contributed by atoms with Gasteiger partial charge >= 0.3 is 6.18 Å². The Kier molecular flexibility index (Phi) is 5.03. The Hall–Kier alpha value is -2.16. The van der Waals surface area contributed by atoms with Crippen molar-refractivity contribution in [3.05, 3.63) is 51.8 Å². The predicted octanol–water partition coefficient (Wildman–Crippen LogP) is 4.64. The molecule has 1 aliphatic heterocycles. The van der Waals surface area contributed by atoms with E-state index >= 15 is 0 Å². The smallest absolute Gasteiger partial charge is 0.351 e. The molecule has 1 aliphatic carbocycles. The Bertz CT molecular complexity index is 888. The van der Waals surface area contributed by atoms with Crippen LogP contribution in [0.5, 0.6) is 0 Å². The summed E-state index contributed by atoms with van der Waals surface area (Å²) in [5.41, 5.74) is 0.885. The molecule has 4 rings (SSSR count). The van der Waals surface area contributed by atoms with Crippen LogP contribution in [0.25, 0.3) is 0 Å². The van der Waals surface area contributed by atoms with E-state index < -0.39 is 11.7 Å². The molecule has 1 amide bonds. The molecule has 9 heteroatoms. The molecule has 1 N–H and O–H groups in total. The summed E-state index contributed by atoms with van der Waals surface area (Å²) in [6.07, 6.45) is 0.531. The Balaban J connectivity index is 1.42. The first-order chi connectivity index (χ1) is 13.3. The highest BCUT2D eigenvalue weighted by Gasteiger charge is 2.36. The number of halogens is 4. The highest BCUT2D eigenvalue weighted by atomic mass is 79.9. The van der Waals surface area contributed by atoms with Gasteiger partial charge in [-0.05, 0) is 43.4 Å². The molecule has 5 nitrogen and oxygen atoms in total. The number of carbonyl (C=O) groups is 1. The summed E-state index contributed by atoms with van der Waals surface area (Å²) in [5.74, 6) is 0.214. The van der Waals surface area contributed by atoms with E-state index in [0.29, 0.717) is 13.0 Å².